The first kappa shape index (κ1) is 21.8. The number of hydrogen-bond donors (Lipinski definition) is 2. The van der Waals surface area contributed by atoms with E-state index in [1.165, 1.54) is 11.3 Å². The van der Waals surface area contributed by atoms with Crippen molar-refractivity contribution in [2.75, 3.05) is 31.6 Å². The fourth-order valence-corrected chi connectivity index (χ4v) is 3.91. The van der Waals surface area contributed by atoms with Gasteiger partial charge in [0.05, 0.1) is 0 Å². The van der Waals surface area contributed by atoms with Crippen LogP contribution in [0.5, 0.6) is 0 Å². The molecule has 1 aliphatic heterocycles. The van der Waals surface area contributed by atoms with Crippen molar-refractivity contribution in [1.29, 1.82) is 0 Å². The van der Waals surface area contributed by atoms with Gasteiger partial charge in [0.2, 0.25) is 0 Å². The van der Waals surface area contributed by atoms with E-state index in [0.717, 1.165) is 49.3 Å². The summed E-state index contributed by atoms with van der Waals surface area (Å²) in [6.07, 6.45) is 2.20. The summed E-state index contributed by atoms with van der Waals surface area (Å²) >= 11 is 0. The van der Waals surface area contributed by atoms with E-state index in [9.17, 15) is 9.59 Å². The van der Waals surface area contributed by atoms with Crippen molar-refractivity contribution >= 4 is 11.6 Å². The van der Waals surface area contributed by atoms with Crippen LogP contribution in [0.3, 0.4) is 0 Å². The van der Waals surface area contributed by atoms with E-state index in [-0.39, 0.29) is 17.0 Å². The average Bonchev–Trinajstić information content (AvgIpc) is 2.71. The number of nitrogens with one attached hydrogen (secondary N) is 2. The Balaban J connectivity index is 1.63. The number of benzene rings is 1. The maximum absolute atomic E-state index is 12.6. The van der Waals surface area contributed by atoms with Crippen LogP contribution < -0.4 is 15.8 Å². The van der Waals surface area contributed by atoms with Crippen LogP contribution in [0.1, 0.15) is 47.4 Å². The van der Waals surface area contributed by atoms with Crippen molar-refractivity contribution < 1.29 is 4.79 Å². The minimum Gasteiger partial charge on any atom is -0.374 e. The molecule has 30 heavy (non-hydrogen) atoms. The Morgan fingerprint density at radius 2 is 2.10 bits per heavy atom. The normalized spacial score (nSPS) is 13.3. The maximum Gasteiger partial charge on any atom is 0.261 e. The zero-order valence-corrected chi connectivity index (χ0v) is 18.3. The highest BCUT2D eigenvalue weighted by Gasteiger charge is 2.15. The molecule has 1 aliphatic rings. The molecule has 1 aromatic carbocycles. The van der Waals surface area contributed by atoms with Crippen LogP contribution in [0, 0.1) is 0 Å². The summed E-state index contributed by atoms with van der Waals surface area (Å²) in [7, 11) is 2.10. The van der Waals surface area contributed by atoms with E-state index in [1.807, 2.05) is 19.1 Å². The van der Waals surface area contributed by atoms with Crippen molar-refractivity contribution in [2.24, 2.45) is 0 Å². The molecule has 0 bridgehead atoms. The summed E-state index contributed by atoms with van der Waals surface area (Å²) in [5.41, 5.74) is 5.26. The average molecular weight is 409 g/mol. The Morgan fingerprint density at radius 1 is 1.30 bits per heavy atom. The first-order chi connectivity index (χ1) is 14.4. The van der Waals surface area contributed by atoms with Gasteiger partial charge in [-0.15, -0.1) is 0 Å². The van der Waals surface area contributed by atoms with Crippen molar-refractivity contribution in [3.63, 3.8) is 0 Å². The van der Waals surface area contributed by atoms with E-state index < -0.39 is 0 Å². The number of aromatic nitrogens is 1. The Kier molecular flexibility index (Phi) is 7.11. The van der Waals surface area contributed by atoms with Gasteiger partial charge in [-0.2, -0.15) is 0 Å². The first-order valence-corrected chi connectivity index (χ1v) is 10.6. The summed E-state index contributed by atoms with van der Waals surface area (Å²) in [5.74, 6) is -0.355. The van der Waals surface area contributed by atoms with E-state index >= 15 is 0 Å². The third-order valence-electron chi connectivity index (χ3n) is 5.50. The van der Waals surface area contributed by atoms with Crippen molar-refractivity contribution in [3.8, 4) is 0 Å². The third-order valence-corrected chi connectivity index (χ3v) is 5.50. The molecule has 1 amide bonds. The summed E-state index contributed by atoms with van der Waals surface area (Å²) in [4.78, 5) is 32.3. The molecule has 2 heterocycles. The van der Waals surface area contributed by atoms with Gasteiger partial charge in [-0.25, -0.2) is 0 Å². The number of likely N-dealkylation sites (N-methyl/N-ethyl adjacent to an activating group) is 1. The molecule has 6 heteroatoms. The summed E-state index contributed by atoms with van der Waals surface area (Å²) < 4.78 is 0. The quantitative estimate of drug-likeness (QED) is 0.659. The highest BCUT2D eigenvalue weighted by molar-refractivity contribution is 5.93. The number of aromatic amines is 1. The summed E-state index contributed by atoms with van der Waals surface area (Å²) in [6.45, 7) is 11.7. The smallest absolute Gasteiger partial charge is 0.261 e. The second kappa shape index (κ2) is 9.76. The Bertz CT molecular complexity index is 979. The van der Waals surface area contributed by atoms with Gasteiger partial charge in [0.15, 0.2) is 0 Å². The van der Waals surface area contributed by atoms with E-state index in [4.69, 9.17) is 0 Å². The predicted molar refractivity (Wildman–Crippen MR) is 122 cm³/mol. The highest BCUT2D eigenvalue weighted by atomic mass is 16.2. The number of carbonyl (C=O) groups excluding carboxylic acids is 1. The zero-order chi connectivity index (χ0) is 21.7. The fourth-order valence-electron chi connectivity index (χ4n) is 3.91. The Hall–Kier alpha value is -2.86. The van der Waals surface area contributed by atoms with Crippen LogP contribution in [0.15, 0.2) is 47.3 Å². The number of pyridine rings is 1. The number of amides is 1. The lowest BCUT2D eigenvalue weighted by Gasteiger charge is -2.27. The van der Waals surface area contributed by atoms with Crippen LogP contribution in [0.4, 0.5) is 5.69 Å². The fraction of sp³-hybridized carbons (Fsp3) is 0.417. The van der Waals surface area contributed by atoms with Crippen molar-refractivity contribution in [2.45, 2.75) is 39.8 Å². The van der Waals surface area contributed by atoms with Gasteiger partial charge in [0.25, 0.3) is 11.5 Å². The number of nitrogens with zero attached hydrogens (tertiary/aromatic N) is 2. The van der Waals surface area contributed by atoms with Crippen LogP contribution in [0.2, 0.25) is 0 Å². The number of hydrogen-bond acceptors (Lipinski definition) is 4. The molecule has 0 spiro atoms. The molecule has 3 rings (SSSR count). The lowest BCUT2D eigenvalue weighted by atomic mass is 9.99. The Labute approximate surface area is 178 Å². The number of anilines is 1. The SMILES string of the molecule is C=C(C)CN(CC)Cc1ccc(C(=O)NCc2ccc3c(c2)CCCN3C)c(=O)[nH]1. The monoisotopic (exact) mass is 408 g/mol. The molecule has 0 aliphatic carbocycles. The largest absolute Gasteiger partial charge is 0.374 e. The molecular formula is C24H32N4O2. The second-order valence-corrected chi connectivity index (χ2v) is 8.16. The zero-order valence-electron chi connectivity index (χ0n) is 18.3. The second-order valence-electron chi connectivity index (χ2n) is 8.16. The van der Waals surface area contributed by atoms with Gasteiger partial charge in [-0.1, -0.05) is 31.2 Å². The van der Waals surface area contributed by atoms with E-state index in [0.29, 0.717) is 13.1 Å². The number of carbonyl (C=O) groups is 1. The number of aryl methyl sites for hydroxylation is 1. The van der Waals surface area contributed by atoms with Gasteiger partial charge in [-0.05, 0) is 55.6 Å². The van der Waals surface area contributed by atoms with Gasteiger partial charge in [-0.3, -0.25) is 14.5 Å². The third kappa shape index (κ3) is 5.39. The lowest BCUT2D eigenvalue weighted by Crippen LogP contribution is -2.31. The van der Waals surface area contributed by atoms with Crippen molar-refractivity contribution in [1.82, 2.24) is 15.2 Å². The van der Waals surface area contributed by atoms with Gasteiger partial charge >= 0.3 is 0 Å². The predicted octanol–water partition coefficient (Wildman–Crippen LogP) is 3.09. The van der Waals surface area contributed by atoms with Crippen LogP contribution in [-0.4, -0.2) is 42.5 Å². The summed E-state index contributed by atoms with van der Waals surface area (Å²) in [6, 6.07) is 9.73. The molecule has 0 radical (unpaired) electrons. The first-order valence-electron chi connectivity index (χ1n) is 10.6. The van der Waals surface area contributed by atoms with Gasteiger partial charge < -0.3 is 15.2 Å². The highest BCUT2D eigenvalue weighted by Crippen LogP contribution is 2.26. The van der Waals surface area contributed by atoms with Crippen molar-refractivity contribution in [3.05, 3.63) is 75.2 Å². The van der Waals surface area contributed by atoms with Crippen LogP contribution >= 0.6 is 0 Å². The topological polar surface area (TPSA) is 68.4 Å². The molecule has 0 unspecified atom stereocenters. The maximum atomic E-state index is 12.6. The minimum absolute atomic E-state index is 0.138. The lowest BCUT2D eigenvalue weighted by molar-refractivity contribution is 0.0949. The van der Waals surface area contributed by atoms with E-state index in [2.05, 4.69) is 52.8 Å². The van der Waals surface area contributed by atoms with Gasteiger partial charge in [0, 0.05) is 44.6 Å². The molecule has 0 saturated heterocycles. The minimum atomic E-state index is -0.358. The molecule has 2 aromatic rings. The number of rotatable bonds is 8. The molecule has 1 aromatic heterocycles. The molecular weight excluding hydrogens is 376 g/mol. The molecule has 0 atom stereocenters. The summed E-state index contributed by atoms with van der Waals surface area (Å²) in [5, 5.41) is 2.88. The van der Waals surface area contributed by atoms with E-state index in [1.54, 1.807) is 6.07 Å². The molecule has 0 fully saturated rings. The van der Waals surface area contributed by atoms with Crippen LogP contribution in [0.25, 0.3) is 0 Å². The molecule has 160 valence electrons. The standard InChI is InChI=1S/C24H32N4O2/c1-5-28(15-17(2)3)16-20-9-10-21(24(30)26-20)23(29)25-14-18-8-11-22-19(13-18)7-6-12-27(22)4/h8-11,13H,2,5-7,12,14-16H2,1,3-4H3,(H,25,29)(H,26,30). The number of fused-ring (bicyclic) bond motifs is 1. The van der Waals surface area contributed by atoms with Gasteiger partial charge in [0.1, 0.15) is 5.56 Å². The molecule has 2 N–H and O–H groups in total. The molecule has 0 saturated carbocycles. The van der Waals surface area contributed by atoms with Crippen LogP contribution in [-0.2, 0) is 19.5 Å². The number of H-pyrrole nitrogens is 1. The molecule has 6 nitrogen and oxygen atoms in total. The Morgan fingerprint density at radius 3 is 2.80 bits per heavy atom.